The second-order valence-corrected chi connectivity index (χ2v) is 8.21. The minimum absolute atomic E-state index is 0.0232. The summed E-state index contributed by atoms with van der Waals surface area (Å²) in [5, 5.41) is 0. The Morgan fingerprint density at radius 1 is 1.13 bits per heavy atom. The maximum absolute atomic E-state index is 13.7. The highest BCUT2D eigenvalue weighted by atomic mass is 31.2. The molecular formula is C16H14F4N2O7P+. The van der Waals surface area contributed by atoms with Crippen molar-refractivity contribution in [3.8, 4) is 0 Å². The van der Waals surface area contributed by atoms with E-state index in [4.69, 9.17) is 18.3 Å². The Bertz CT molecular complexity index is 1100. The van der Waals surface area contributed by atoms with Crippen molar-refractivity contribution >= 4 is 8.17 Å². The van der Waals surface area contributed by atoms with Gasteiger partial charge < -0.3 is 4.74 Å². The van der Waals surface area contributed by atoms with E-state index in [9.17, 15) is 32.0 Å². The maximum Gasteiger partial charge on any atom is 0.573 e. The van der Waals surface area contributed by atoms with Crippen LogP contribution in [-0.2, 0) is 24.9 Å². The first kappa shape index (κ1) is 21.1. The second-order valence-electron chi connectivity index (χ2n) is 6.55. The average Bonchev–Trinajstić information content (AvgIpc) is 3.09. The molecule has 0 spiro atoms. The minimum atomic E-state index is -3.98. The zero-order valence-electron chi connectivity index (χ0n) is 14.9. The smallest absolute Gasteiger partial charge is 0.349 e. The van der Waals surface area contributed by atoms with Gasteiger partial charge in [-0.2, -0.15) is 13.8 Å². The summed E-state index contributed by atoms with van der Waals surface area (Å²) in [6, 6.07) is 0.918. The van der Waals surface area contributed by atoms with Crippen LogP contribution in [0.4, 0.5) is 17.6 Å². The highest BCUT2D eigenvalue weighted by molar-refractivity contribution is 7.55. The Morgan fingerprint density at radius 2 is 1.87 bits per heavy atom. The number of ether oxygens (including phenoxy) is 1. The van der Waals surface area contributed by atoms with Crippen molar-refractivity contribution in [2.75, 3.05) is 6.61 Å². The van der Waals surface area contributed by atoms with Crippen molar-refractivity contribution in [1.82, 2.24) is 9.55 Å². The van der Waals surface area contributed by atoms with Gasteiger partial charge in [-0.15, -0.1) is 9.05 Å². The molecule has 1 aromatic carbocycles. The molecule has 0 saturated carbocycles. The quantitative estimate of drug-likeness (QED) is 0.412. The lowest BCUT2D eigenvalue weighted by Crippen LogP contribution is -2.35. The molecule has 4 atom stereocenters. The molecule has 0 radical (unpaired) electrons. The van der Waals surface area contributed by atoms with Crippen molar-refractivity contribution in [3.63, 3.8) is 0 Å². The van der Waals surface area contributed by atoms with E-state index in [-0.39, 0.29) is 18.6 Å². The fraction of sp³-hybridized carbons (Fsp3) is 0.375. The predicted octanol–water partition coefficient (Wildman–Crippen LogP) is 1.68. The van der Waals surface area contributed by atoms with Crippen LogP contribution in [0.3, 0.4) is 0 Å². The highest BCUT2D eigenvalue weighted by Gasteiger charge is 2.58. The van der Waals surface area contributed by atoms with Crippen LogP contribution < -0.4 is 11.2 Å². The molecule has 30 heavy (non-hydrogen) atoms. The molecule has 14 heteroatoms. The molecular weight excluding hydrogens is 439 g/mol. The fourth-order valence-corrected chi connectivity index (χ4v) is 4.47. The van der Waals surface area contributed by atoms with Crippen LogP contribution >= 0.6 is 8.17 Å². The molecule has 2 aliphatic heterocycles. The standard InChI is InChI=1S/C16H13F4N2O7P/c17-8-2-10(19)9(18)1-7(8)5-26-30(25)27-6-13-12(29-30)3-14(28-13)22-4-11(20)15(23)21-16(22)24/h1-2,4,12-14,25H,3,5-6H2/p+1/t12-,13+,14+,30?/m0/s1. The zero-order chi connectivity index (χ0) is 21.6. The fourth-order valence-electron chi connectivity index (χ4n) is 3.07. The summed E-state index contributed by atoms with van der Waals surface area (Å²) in [7, 11) is -3.98. The lowest BCUT2D eigenvalue weighted by atomic mass is 10.2. The number of benzene rings is 1. The van der Waals surface area contributed by atoms with E-state index < -0.39 is 67.7 Å². The first-order valence-electron chi connectivity index (χ1n) is 8.54. The lowest BCUT2D eigenvalue weighted by Gasteiger charge is -2.26. The molecule has 0 amide bonds. The summed E-state index contributed by atoms with van der Waals surface area (Å²) in [5.74, 6) is -4.94. The van der Waals surface area contributed by atoms with Crippen LogP contribution in [0.1, 0.15) is 18.2 Å². The Kier molecular flexibility index (Phi) is 5.51. The topological polar surface area (TPSA) is 112 Å². The van der Waals surface area contributed by atoms with Gasteiger partial charge in [0.15, 0.2) is 11.6 Å². The van der Waals surface area contributed by atoms with Gasteiger partial charge in [-0.3, -0.25) is 14.3 Å². The SMILES string of the molecule is O=c1[nH]c(=O)n([C@H]2C[C@@H]3O[P+](O)(OCc4cc(F)c(F)cc4F)OC[C@H]3O2)cc1F. The van der Waals surface area contributed by atoms with Crippen molar-refractivity contribution < 1.29 is 40.8 Å². The van der Waals surface area contributed by atoms with Crippen LogP contribution in [0, 0.1) is 23.3 Å². The molecule has 4 rings (SSSR count). The monoisotopic (exact) mass is 453 g/mol. The molecule has 3 heterocycles. The van der Waals surface area contributed by atoms with Crippen LogP contribution in [-0.4, -0.2) is 33.3 Å². The van der Waals surface area contributed by atoms with Gasteiger partial charge in [-0.05, 0) is 6.07 Å². The zero-order valence-corrected chi connectivity index (χ0v) is 15.8. The number of nitrogens with zero attached hydrogens (tertiary/aromatic N) is 1. The summed E-state index contributed by atoms with van der Waals surface area (Å²) in [4.78, 5) is 35.2. The summed E-state index contributed by atoms with van der Waals surface area (Å²) in [5.41, 5.74) is -2.45. The Morgan fingerprint density at radius 3 is 2.63 bits per heavy atom. The molecule has 0 bridgehead atoms. The molecule has 2 N–H and O–H groups in total. The van der Waals surface area contributed by atoms with Crippen LogP contribution in [0.5, 0.6) is 0 Å². The average molecular weight is 453 g/mol. The van der Waals surface area contributed by atoms with Gasteiger partial charge in [0.1, 0.15) is 37.5 Å². The van der Waals surface area contributed by atoms with E-state index in [1.807, 2.05) is 0 Å². The van der Waals surface area contributed by atoms with Gasteiger partial charge in [0.2, 0.25) is 5.82 Å². The van der Waals surface area contributed by atoms with Gasteiger partial charge in [-0.25, -0.2) is 18.0 Å². The van der Waals surface area contributed by atoms with E-state index in [0.29, 0.717) is 18.3 Å². The number of hydrogen-bond acceptors (Lipinski definition) is 7. The molecule has 1 aromatic heterocycles. The van der Waals surface area contributed by atoms with Gasteiger partial charge in [-0.1, -0.05) is 0 Å². The molecule has 2 aliphatic rings. The normalized spacial score (nSPS) is 28.5. The number of rotatable bonds is 4. The number of fused-ring (bicyclic) bond motifs is 1. The van der Waals surface area contributed by atoms with E-state index in [1.165, 1.54) is 0 Å². The largest absolute Gasteiger partial charge is 0.573 e. The first-order chi connectivity index (χ1) is 14.1. The number of nitrogens with one attached hydrogen (secondary N) is 1. The van der Waals surface area contributed by atoms with Crippen LogP contribution in [0.25, 0.3) is 0 Å². The lowest BCUT2D eigenvalue weighted by molar-refractivity contribution is -0.0829. The van der Waals surface area contributed by atoms with Gasteiger partial charge >= 0.3 is 13.9 Å². The number of hydrogen-bond donors (Lipinski definition) is 2. The van der Waals surface area contributed by atoms with Gasteiger partial charge in [0.25, 0.3) is 5.56 Å². The van der Waals surface area contributed by atoms with Crippen LogP contribution in [0.2, 0.25) is 0 Å². The Balaban J connectivity index is 1.44. The molecule has 162 valence electrons. The van der Waals surface area contributed by atoms with Crippen molar-refractivity contribution in [2.45, 2.75) is 31.5 Å². The molecule has 9 nitrogen and oxygen atoms in total. The van der Waals surface area contributed by atoms with Gasteiger partial charge in [0, 0.05) is 18.1 Å². The predicted molar refractivity (Wildman–Crippen MR) is 90.9 cm³/mol. The highest BCUT2D eigenvalue weighted by Crippen LogP contribution is 2.63. The van der Waals surface area contributed by atoms with Crippen LogP contribution in [0.15, 0.2) is 27.9 Å². The third-order valence-corrected chi connectivity index (χ3v) is 6.03. The van der Waals surface area contributed by atoms with E-state index >= 15 is 0 Å². The number of aromatic amines is 1. The minimum Gasteiger partial charge on any atom is -0.349 e. The summed E-state index contributed by atoms with van der Waals surface area (Å²) < 4.78 is 75.5. The number of halogens is 4. The Hall–Kier alpha value is -2.15. The third kappa shape index (κ3) is 4.04. The van der Waals surface area contributed by atoms with Crippen molar-refractivity contribution in [3.05, 3.63) is 68.0 Å². The molecule has 2 fully saturated rings. The second kappa shape index (κ2) is 7.84. The summed E-state index contributed by atoms with van der Waals surface area (Å²) in [6.07, 6.45) is -1.93. The first-order valence-corrected chi connectivity index (χ1v) is 10.0. The van der Waals surface area contributed by atoms with Crippen molar-refractivity contribution in [2.24, 2.45) is 0 Å². The summed E-state index contributed by atoms with van der Waals surface area (Å²) in [6.45, 7) is -0.897. The number of aromatic nitrogens is 2. The van der Waals surface area contributed by atoms with Crippen molar-refractivity contribution in [1.29, 1.82) is 0 Å². The molecule has 0 aliphatic carbocycles. The number of H-pyrrole nitrogens is 1. The third-order valence-electron chi connectivity index (χ3n) is 4.56. The van der Waals surface area contributed by atoms with Gasteiger partial charge in [0.05, 0.1) is 6.20 Å². The Labute approximate surface area is 165 Å². The molecule has 2 aromatic rings. The molecule has 2 saturated heterocycles. The molecule has 1 unspecified atom stereocenters. The summed E-state index contributed by atoms with van der Waals surface area (Å²) >= 11 is 0. The van der Waals surface area contributed by atoms with E-state index in [0.717, 1.165) is 4.57 Å². The van der Waals surface area contributed by atoms with E-state index in [1.54, 1.807) is 4.98 Å². The van der Waals surface area contributed by atoms with E-state index in [2.05, 4.69) is 0 Å². The maximum atomic E-state index is 13.7.